The second kappa shape index (κ2) is 4.45. The van der Waals surface area contributed by atoms with Crippen LogP contribution in [0.2, 0.25) is 0 Å². The molecule has 3 nitrogen and oxygen atoms in total. The van der Waals surface area contributed by atoms with E-state index in [0.29, 0.717) is 0 Å². The van der Waals surface area contributed by atoms with Crippen molar-refractivity contribution in [2.45, 2.75) is 0 Å². The molecule has 80 valence electrons. The lowest BCUT2D eigenvalue weighted by Crippen LogP contribution is -2.44. The summed E-state index contributed by atoms with van der Waals surface area (Å²) >= 11 is 0. The Kier molecular flexibility index (Phi) is 3.02. The third kappa shape index (κ3) is 2.18. The number of nitrogens with zero attached hydrogens (tertiary/aromatic N) is 2. The molecule has 1 heterocycles. The molecular weight excluding hydrogens is 186 g/mol. The number of piperazine rings is 1. The van der Waals surface area contributed by atoms with Crippen LogP contribution >= 0.6 is 0 Å². The zero-order valence-electron chi connectivity index (χ0n) is 9.11. The van der Waals surface area contributed by atoms with E-state index >= 15 is 0 Å². The molecule has 1 aliphatic heterocycles. The first-order chi connectivity index (χ1) is 7.31. The lowest BCUT2D eigenvalue weighted by molar-refractivity contribution is 0.313. The molecule has 0 saturated carbocycles. The van der Waals surface area contributed by atoms with Gasteiger partial charge in [0.1, 0.15) is 0 Å². The lowest BCUT2D eigenvalue weighted by Gasteiger charge is -2.34. The minimum atomic E-state index is 1.02. The van der Waals surface area contributed by atoms with Crippen LogP contribution in [-0.4, -0.2) is 44.3 Å². The van der Waals surface area contributed by atoms with Gasteiger partial charge >= 0.3 is 0 Å². The molecule has 0 radical (unpaired) electrons. The standard InChI is InChI=1S/C12H17N3/c1-14-6-8-15(9-7-14)12-5-3-2-4-11(12)10-13/h2-5,10,13H,6-9H2,1H3. The SMILES string of the molecule is CN1CCN(c2ccccc2C=N)CC1. The van der Waals surface area contributed by atoms with Gasteiger partial charge in [-0.25, -0.2) is 0 Å². The van der Waals surface area contributed by atoms with Gasteiger partial charge < -0.3 is 15.2 Å². The predicted molar refractivity (Wildman–Crippen MR) is 64.0 cm³/mol. The van der Waals surface area contributed by atoms with E-state index in [1.165, 1.54) is 11.9 Å². The van der Waals surface area contributed by atoms with E-state index in [9.17, 15) is 0 Å². The third-order valence-corrected chi connectivity index (χ3v) is 2.94. The molecule has 0 amide bonds. The summed E-state index contributed by atoms with van der Waals surface area (Å²) in [7, 11) is 2.15. The number of para-hydroxylation sites is 1. The van der Waals surface area contributed by atoms with Crippen molar-refractivity contribution in [3.63, 3.8) is 0 Å². The molecule has 0 aliphatic carbocycles. The van der Waals surface area contributed by atoms with Crippen LogP contribution in [0.15, 0.2) is 24.3 Å². The maximum Gasteiger partial charge on any atom is 0.0456 e. The zero-order valence-corrected chi connectivity index (χ0v) is 9.11. The van der Waals surface area contributed by atoms with Gasteiger partial charge in [0.15, 0.2) is 0 Å². The summed E-state index contributed by atoms with van der Waals surface area (Å²) in [6.07, 6.45) is 1.44. The van der Waals surface area contributed by atoms with Crippen LogP contribution in [0.25, 0.3) is 0 Å². The van der Waals surface area contributed by atoms with Crippen molar-refractivity contribution in [1.82, 2.24) is 4.90 Å². The van der Waals surface area contributed by atoms with Crippen LogP contribution in [0.5, 0.6) is 0 Å². The first-order valence-corrected chi connectivity index (χ1v) is 5.34. The molecule has 0 atom stereocenters. The van der Waals surface area contributed by atoms with Gasteiger partial charge in [-0.1, -0.05) is 18.2 Å². The van der Waals surface area contributed by atoms with Crippen molar-refractivity contribution in [1.29, 1.82) is 5.41 Å². The molecule has 0 bridgehead atoms. The maximum absolute atomic E-state index is 7.38. The van der Waals surface area contributed by atoms with E-state index in [0.717, 1.165) is 31.7 Å². The van der Waals surface area contributed by atoms with E-state index in [1.807, 2.05) is 18.2 Å². The summed E-state index contributed by atoms with van der Waals surface area (Å²) in [4.78, 5) is 4.70. The van der Waals surface area contributed by atoms with Crippen molar-refractivity contribution in [3.8, 4) is 0 Å². The summed E-state index contributed by atoms with van der Waals surface area (Å²) in [6.45, 7) is 4.32. The third-order valence-electron chi connectivity index (χ3n) is 2.94. The summed E-state index contributed by atoms with van der Waals surface area (Å²) in [5, 5.41) is 7.38. The molecule has 2 rings (SSSR count). The van der Waals surface area contributed by atoms with E-state index in [1.54, 1.807) is 0 Å². The van der Waals surface area contributed by atoms with Crippen LogP contribution < -0.4 is 4.90 Å². The number of hydrogen-bond acceptors (Lipinski definition) is 3. The summed E-state index contributed by atoms with van der Waals surface area (Å²) in [6, 6.07) is 8.13. The normalized spacial score (nSPS) is 17.8. The van der Waals surface area contributed by atoms with Gasteiger partial charge in [0, 0.05) is 43.6 Å². The highest BCUT2D eigenvalue weighted by atomic mass is 15.2. The quantitative estimate of drug-likeness (QED) is 0.737. The number of anilines is 1. The summed E-state index contributed by atoms with van der Waals surface area (Å²) < 4.78 is 0. The number of hydrogen-bond donors (Lipinski definition) is 1. The van der Waals surface area contributed by atoms with Crippen LogP contribution in [0.1, 0.15) is 5.56 Å². The number of likely N-dealkylation sites (N-methyl/N-ethyl adjacent to an activating group) is 1. The Balaban J connectivity index is 2.18. The predicted octanol–water partition coefficient (Wildman–Crippen LogP) is 1.44. The van der Waals surface area contributed by atoms with Gasteiger partial charge in [0.25, 0.3) is 0 Å². The smallest absolute Gasteiger partial charge is 0.0456 e. The van der Waals surface area contributed by atoms with E-state index in [2.05, 4.69) is 22.9 Å². The molecule has 0 aromatic heterocycles. The molecular formula is C12H17N3. The molecule has 1 saturated heterocycles. The van der Waals surface area contributed by atoms with Crippen molar-refractivity contribution in [2.24, 2.45) is 0 Å². The highest BCUT2D eigenvalue weighted by Crippen LogP contribution is 2.19. The molecule has 0 unspecified atom stereocenters. The average molecular weight is 203 g/mol. The first-order valence-electron chi connectivity index (χ1n) is 5.34. The monoisotopic (exact) mass is 203 g/mol. The second-order valence-corrected chi connectivity index (χ2v) is 3.99. The van der Waals surface area contributed by atoms with Crippen molar-refractivity contribution < 1.29 is 0 Å². The van der Waals surface area contributed by atoms with Crippen molar-refractivity contribution in [3.05, 3.63) is 29.8 Å². The van der Waals surface area contributed by atoms with Crippen LogP contribution in [0.3, 0.4) is 0 Å². The maximum atomic E-state index is 7.38. The van der Waals surface area contributed by atoms with E-state index < -0.39 is 0 Å². The van der Waals surface area contributed by atoms with Crippen LogP contribution in [0.4, 0.5) is 5.69 Å². The fraction of sp³-hybridized carbons (Fsp3) is 0.417. The minimum Gasteiger partial charge on any atom is -0.368 e. The van der Waals surface area contributed by atoms with Crippen LogP contribution in [0, 0.1) is 5.41 Å². The number of nitrogens with one attached hydrogen (secondary N) is 1. The van der Waals surface area contributed by atoms with Gasteiger partial charge in [0.05, 0.1) is 0 Å². The Morgan fingerprint density at radius 3 is 2.47 bits per heavy atom. The molecule has 1 aliphatic rings. The molecule has 1 aromatic rings. The Morgan fingerprint density at radius 1 is 1.13 bits per heavy atom. The minimum absolute atomic E-state index is 1.02. The Labute approximate surface area is 90.8 Å². The molecule has 3 heteroatoms. The van der Waals surface area contributed by atoms with Gasteiger partial charge in [-0.2, -0.15) is 0 Å². The summed E-state index contributed by atoms with van der Waals surface area (Å²) in [5.74, 6) is 0. The molecule has 1 aromatic carbocycles. The fourth-order valence-electron chi connectivity index (χ4n) is 1.94. The molecule has 0 spiro atoms. The number of rotatable bonds is 2. The largest absolute Gasteiger partial charge is 0.368 e. The average Bonchev–Trinajstić information content (AvgIpc) is 2.30. The molecule has 1 fully saturated rings. The van der Waals surface area contributed by atoms with Gasteiger partial charge in [-0.05, 0) is 13.1 Å². The lowest BCUT2D eigenvalue weighted by atomic mass is 10.1. The molecule has 15 heavy (non-hydrogen) atoms. The second-order valence-electron chi connectivity index (χ2n) is 3.99. The topological polar surface area (TPSA) is 30.3 Å². The van der Waals surface area contributed by atoms with Crippen molar-refractivity contribution in [2.75, 3.05) is 38.1 Å². The van der Waals surface area contributed by atoms with Gasteiger partial charge in [-0.15, -0.1) is 0 Å². The van der Waals surface area contributed by atoms with Gasteiger partial charge in [0.2, 0.25) is 0 Å². The Morgan fingerprint density at radius 2 is 1.80 bits per heavy atom. The van der Waals surface area contributed by atoms with E-state index in [-0.39, 0.29) is 0 Å². The Bertz CT molecular complexity index is 340. The zero-order chi connectivity index (χ0) is 10.7. The molecule has 1 N–H and O–H groups in total. The Hall–Kier alpha value is -1.35. The highest BCUT2D eigenvalue weighted by Gasteiger charge is 2.15. The highest BCUT2D eigenvalue weighted by molar-refractivity contribution is 5.86. The number of benzene rings is 1. The summed E-state index contributed by atoms with van der Waals surface area (Å²) in [5.41, 5.74) is 2.21. The van der Waals surface area contributed by atoms with E-state index in [4.69, 9.17) is 5.41 Å². The first kappa shape index (κ1) is 10.2. The van der Waals surface area contributed by atoms with Crippen LogP contribution in [-0.2, 0) is 0 Å². The fourth-order valence-corrected chi connectivity index (χ4v) is 1.94. The van der Waals surface area contributed by atoms with Crippen molar-refractivity contribution >= 4 is 11.9 Å². The van der Waals surface area contributed by atoms with Gasteiger partial charge in [-0.3, -0.25) is 0 Å².